The highest BCUT2D eigenvalue weighted by Crippen LogP contribution is 2.20. The number of nitrogens with zero attached hydrogens (tertiary/aromatic N) is 1. The van der Waals surface area contributed by atoms with E-state index in [0.29, 0.717) is 11.3 Å². The maximum Gasteiger partial charge on any atom is 0.274 e. The third-order valence-electron chi connectivity index (χ3n) is 4.08. The third-order valence-corrected chi connectivity index (χ3v) is 4.37. The number of carbonyl (C=O) groups is 2. The van der Waals surface area contributed by atoms with Crippen molar-refractivity contribution in [2.24, 2.45) is 0 Å². The molecular formula is C21H17ClFN3O2. The highest BCUT2D eigenvalue weighted by Gasteiger charge is 2.15. The molecule has 3 aromatic rings. The summed E-state index contributed by atoms with van der Waals surface area (Å²) < 4.78 is 13.2. The highest BCUT2D eigenvalue weighted by molar-refractivity contribution is 6.31. The van der Waals surface area contributed by atoms with Gasteiger partial charge in [0.25, 0.3) is 11.8 Å². The predicted molar refractivity (Wildman–Crippen MR) is 106 cm³/mol. The highest BCUT2D eigenvalue weighted by atomic mass is 35.5. The molecule has 1 aromatic heterocycles. The second-order valence-corrected chi connectivity index (χ2v) is 6.53. The van der Waals surface area contributed by atoms with Crippen molar-refractivity contribution in [3.05, 3.63) is 94.5 Å². The summed E-state index contributed by atoms with van der Waals surface area (Å²) in [5.74, 6) is -1.44. The number of rotatable bonds is 5. The number of hydrogen-bond donors (Lipinski definition) is 2. The van der Waals surface area contributed by atoms with E-state index in [1.165, 1.54) is 30.5 Å². The van der Waals surface area contributed by atoms with Crippen molar-refractivity contribution in [1.29, 1.82) is 0 Å². The van der Waals surface area contributed by atoms with Gasteiger partial charge in [-0.15, -0.1) is 0 Å². The van der Waals surface area contributed by atoms with Gasteiger partial charge in [-0.3, -0.25) is 14.6 Å². The minimum atomic E-state index is -0.580. The van der Waals surface area contributed by atoms with Crippen LogP contribution in [0.3, 0.4) is 0 Å². The van der Waals surface area contributed by atoms with Crippen molar-refractivity contribution in [2.75, 3.05) is 5.32 Å². The first-order valence-corrected chi connectivity index (χ1v) is 8.90. The van der Waals surface area contributed by atoms with Crippen molar-refractivity contribution in [2.45, 2.75) is 13.0 Å². The van der Waals surface area contributed by atoms with Crippen molar-refractivity contribution < 1.29 is 14.0 Å². The summed E-state index contributed by atoms with van der Waals surface area (Å²) >= 11 is 5.71. The molecule has 0 aliphatic rings. The van der Waals surface area contributed by atoms with E-state index in [0.717, 1.165) is 11.6 Å². The van der Waals surface area contributed by atoms with E-state index in [9.17, 15) is 14.0 Å². The van der Waals surface area contributed by atoms with Crippen molar-refractivity contribution >= 4 is 29.1 Å². The number of hydrogen-bond acceptors (Lipinski definition) is 3. The van der Waals surface area contributed by atoms with Gasteiger partial charge in [-0.25, -0.2) is 4.39 Å². The zero-order chi connectivity index (χ0) is 20.1. The second kappa shape index (κ2) is 8.63. The Bertz CT molecular complexity index is 1010. The Morgan fingerprint density at radius 1 is 1.04 bits per heavy atom. The zero-order valence-electron chi connectivity index (χ0n) is 14.9. The van der Waals surface area contributed by atoms with Crippen LogP contribution in [-0.2, 0) is 0 Å². The quantitative estimate of drug-likeness (QED) is 0.660. The SMILES string of the molecule is CC(NC(=O)c1ccnc(C(=O)Nc2ccc(F)c(Cl)c2)c1)c1ccccc1. The smallest absolute Gasteiger partial charge is 0.274 e. The molecule has 1 atom stereocenters. The summed E-state index contributed by atoms with van der Waals surface area (Å²) in [5, 5.41) is 5.36. The van der Waals surface area contributed by atoms with Crippen LogP contribution in [-0.4, -0.2) is 16.8 Å². The summed E-state index contributed by atoms with van der Waals surface area (Å²) in [7, 11) is 0. The molecule has 0 saturated heterocycles. The maximum absolute atomic E-state index is 13.2. The summed E-state index contributed by atoms with van der Waals surface area (Å²) in [5.41, 5.74) is 1.65. The topological polar surface area (TPSA) is 71.1 Å². The Kier molecular flexibility index (Phi) is 6.01. The lowest BCUT2D eigenvalue weighted by Crippen LogP contribution is -2.27. The van der Waals surface area contributed by atoms with E-state index in [1.54, 1.807) is 0 Å². The van der Waals surface area contributed by atoms with Gasteiger partial charge in [0.15, 0.2) is 0 Å². The number of pyridine rings is 1. The maximum atomic E-state index is 13.2. The molecule has 2 N–H and O–H groups in total. The Balaban J connectivity index is 1.71. The van der Waals surface area contributed by atoms with E-state index >= 15 is 0 Å². The predicted octanol–water partition coefficient (Wildman–Crippen LogP) is 4.62. The lowest BCUT2D eigenvalue weighted by Gasteiger charge is -2.14. The summed E-state index contributed by atoms with van der Waals surface area (Å²) in [6, 6.07) is 16.1. The van der Waals surface area contributed by atoms with E-state index in [-0.39, 0.29) is 22.7 Å². The van der Waals surface area contributed by atoms with E-state index in [1.807, 2.05) is 37.3 Å². The molecule has 0 saturated carbocycles. The zero-order valence-corrected chi connectivity index (χ0v) is 15.7. The van der Waals surface area contributed by atoms with Gasteiger partial charge in [-0.1, -0.05) is 41.9 Å². The average Bonchev–Trinajstić information content (AvgIpc) is 2.71. The van der Waals surface area contributed by atoms with Crippen LogP contribution in [0.1, 0.15) is 39.4 Å². The molecule has 5 nitrogen and oxygen atoms in total. The van der Waals surface area contributed by atoms with Crippen molar-refractivity contribution in [3.63, 3.8) is 0 Å². The number of amides is 2. The summed E-state index contributed by atoms with van der Waals surface area (Å²) in [4.78, 5) is 28.9. The molecule has 1 heterocycles. The van der Waals surface area contributed by atoms with Crippen LogP contribution in [0.15, 0.2) is 66.9 Å². The number of aromatic nitrogens is 1. The van der Waals surface area contributed by atoms with Crippen LogP contribution in [0.4, 0.5) is 10.1 Å². The number of halogens is 2. The number of carbonyl (C=O) groups excluding carboxylic acids is 2. The van der Waals surface area contributed by atoms with Gasteiger partial charge < -0.3 is 10.6 Å². The molecule has 142 valence electrons. The van der Waals surface area contributed by atoms with E-state index in [4.69, 9.17) is 11.6 Å². The van der Waals surface area contributed by atoms with Gasteiger partial charge in [-0.05, 0) is 42.8 Å². The monoisotopic (exact) mass is 397 g/mol. The largest absolute Gasteiger partial charge is 0.346 e. The first-order chi connectivity index (χ1) is 13.4. The van der Waals surface area contributed by atoms with Gasteiger partial charge in [0.1, 0.15) is 11.5 Å². The Labute approximate surface area is 166 Å². The fourth-order valence-corrected chi connectivity index (χ4v) is 2.75. The number of anilines is 1. The van der Waals surface area contributed by atoms with Gasteiger partial charge in [-0.2, -0.15) is 0 Å². The lowest BCUT2D eigenvalue weighted by molar-refractivity contribution is 0.0939. The van der Waals surface area contributed by atoms with Crippen LogP contribution >= 0.6 is 11.6 Å². The molecular weight excluding hydrogens is 381 g/mol. The molecule has 0 fully saturated rings. The number of benzene rings is 2. The molecule has 1 unspecified atom stereocenters. The van der Waals surface area contributed by atoms with Crippen LogP contribution in [0, 0.1) is 5.82 Å². The van der Waals surface area contributed by atoms with Gasteiger partial charge in [0.05, 0.1) is 11.1 Å². The van der Waals surface area contributed by atoms with Crippen LogP contribution in [0.5, 0.6) is 0 Å². The van der Waals surface area contributed by atoms with Crippen molar-refractivity contribution in [1.82, 2.24) is 10.3 Å². The molecule has 3 rings (SSSR count). The second-order valence-electron chi connectivity index (χ2n) is 6.12. The summed E-state index contributed by atoms with van der Waals surface area (Å²) in [6.07, 6.45) is 1.38. The standard InChI is InChI=1S/C21H17ClFN3O2/c1-13(14-5-3-2-4-6-14)25-20(27)15-9-10-24-19(11-15)21(28)26-16-7-8-18(23)17(22)12-16/h2-13H,1H3,(H,25,27)(H,26,28). The molecule has 0 spiro atoms. The third kappa shape index (κ3) is 4.72. The van der Waals surface area contributed by atoms with E-state index in [2.05, 4.69) is 15.6 Å². The average molecular weight is 398 g/mol. The van der Waals surface area contributed by atoms with Crippen molar-refractivity contribution in [3.8, 4) is 0 Å². The molecule has 28 heavy (non-hydrogen) atoms. The lowest BCUT2D eigenvalue weighted by atomic mass is 10.1. The minimum absolute atomic E-state index is 0.0560. The molecule has 0 aliphatic heterocycles. The molecule has 7 heteroatoms. The Hall–Kier alpha value is -3.25. The Morgan fingerprint density at radius 3 is 2.50 bits per heavy atom. The van der Waals surface area contributed by atoms with Gasteiger partial charge in [0, 0.05) is 17.4 Å². The molecule has 0 radical (unpaired) electrons. The van der Waals surface area contributed by atoms with Crippen LogP contribution in [0.2, 0.25) is 5.02 Å². The van der Waals surface area contributed by atoms with Gasteiger partial charge >= 0.3 is 0 Å². The van der Waals surface area contributed by atoms with Gasteiger partial charge in [0.2, 0.25) is 0 Å². The molecule has 2 aromatic carbocycles. The molecule has 0 bridgehead atoms. The number of nitrogens with one attached hydrogen (secondary N) is 2. The fraction of sp³-hybridized carbons (Fsp3) is 0.0952. The first kappa shape index (κ1) is 19.5. The van der Waals surface area contributed by atoms with Crippen LogP contribution < -0.4 is 10.6 Å². The fourth-order valence-electron chi connectivity index (χ4n) is 2.57. The first-order valence-electron chi connectivity index (χ1n) is 8.52. The van der Waals surface area contributed by atoms with Crippen LogP contribution in [0.25, 0.3) is 0 Å². The molecule has 2 amide bonds. The normalized spacial score (nSPS) is 11.5. The summed E-state index contributed by atoms with van der Waals surface area (Å²) in [6.45, 7) is 1.88. The van der Waals surface area contributed by atoms with E-state index < -0.39 is 11.7 Å². The minimum Gasteiger partial charge on any atom is -0.346 e. The Morgan fingerprint density at radius 2 is 1.79 bits per heavy atom. The molecule has 0 aliphatic carbocycles.